The summed E-state index contributed by atoms with van der Waals surface area (Å²) in [5.74, 6) is 0. The Labute approximate surface area is 66.8 Å². The number of benzene rings is 1. The molecule has 0 N–H and O–H groups in total. The Morgan fingerprint density at radius 2 is 2.30 bits per heavy atom. The van der Waals surface area contributed by atoms with E-state index in [-0.39, 0.29) is 0 Å². The van der Waals surface area contributed by atoms with Gasteiger partial charge in [-0.2, -0.15) is 0 Å². The van der Waals surface area contributed by atoms with E-state index in [2.05, 4.69) is 12.5 Å². The van der Waals surface area contributed by atoms with E-state index in [0.29, 0.717) is 0 Å². The van der Waals surface area contributed by atoms with E-state index in [1.54, 1.807) is 0 Å². The maximum atomic E-state index is 5.77. The Hall–Kier alpha value is -0.490. The molecule has 0 amide bonds. The minimum Gasteiger partial charge on any atom is -0.0843 e. The third-order valence-electron chi connectivity index (χ3n) is 1.33. The van der Waals surface area contributed by atoms with Gasteiger partial charge in [0, 0.05) is 5.02 Å². The minimum atomic E-state index is 0.819. The fraction of sp³-hybridized carbons (Fsp3) is 0.222. The lowest BCUT2D eigenvalue weighted by atomic mass is 10.1. The predicted molar refractivity (Wildman–Crippen MR) is 45.1 cm³/mol. The average molecular weight is 154 g/mol. The first-order chi connectivity index (χ1) is 4.83. The topological polar surface area (TPSA) is 0 Å². The Kier molecular flexibility index (Phi) is 2.76. The number of halogens is 1. The summed E-state index contributed by atoms with van der Waals surface area (Å²) in [6.07, 6.45) is 3.12. The molecule has 1 heteroatoms. The summed E-state index contributed by atoms with van der Waals surface area (Å²) in [6.45, 7) is 2.04. The predicted octanol–water partition coefficient (Wildman–Crippen LogP) is 3.11. The molecule has 0 aliphatic carbocycles. The van der Waals surface area contributed by atoms with E-state index in [4.69, 9.17) is 11.6 Å². The lowest BCUT2D eigenvalue weighted by Crippen LogP contribution is -1.81. The molecule has 1 aromatic rings. The lowest BCUT2D eigenvalue weighted by molar-refractivity contribution is 1.14. The van der Waals surface area contributed by atoms with Crippen LogP contribution in [0.25, 0.3) is 0 Å². The molecule has 0 bridgehead atoms. The van der Waals surface area contributed by atoms with Gasteiger partial charge in [-0.3, -0.25) is 0 Å². The lowest BCUT2D eigenvalue weighted by Gasteiger charge is -1.96. The van der Waals surface area contributed by atoms with Crippen LogP contribution in [0.15, 0.2) is 24.3 Å². The third kappa shape index (κ3) is 2.03. The van der Waals surface area contributed by atoms with Crippen LogP contribution in [0.1, 0.15) is 12.5 Å². The molecule has 53 valence electrons. The van der Waals surface area contributed by atoms with Crippen molar-refractivity contribution in [1.29, 1.82) is 0 Å². The molecule has 0 nitrogen and oxygen atoms in total. The van der Waals surface area contributed by atoms with Crippen molar-refractivity contribution in [3.8, 4) is 0 Å². The van der Waals surface area contributed by atoms with E-state index < -0.39 is 0 Å². The van der Waals surface area contributed by atoms with Gasteiger partial charge in [0.2, 0.25) is 0 Å². The molecule has 0 aromatic heterocycles. The zero-order valence-corrected chi connectivity index (χ0v) is 6.73. The minimum absolute atomic E-state index is 0.819. The molecular weight excluding hydrogens is 144 g/mol. The number of hydrogen-bond donors (Lipinski definition) is 0. The summed E-state index contributed by atoms with van der Waals surface area (Å²) in [4.78, 5) is 0. The van der Waals surface area contributed by atoms with Crippen LogP contribution in [0, 0.1) is 6.42 Å². The number of hydrogen-bond acceptors (Lipinski definition) is 0. The largest absolute Gasteiger partial charge is 0.0843 e. The van der Waals surface area contributed by atoms with Gasteiger partial charge in [0.25, 0.3) is 0 Å². The summed E-state index contributed by atoms with van der Waals surface area (Å²) < 4.78 is 0. The third-order valence-corrected chi connectivity index (χ3v) is 1.56. The summed E-state index contributed by atoms with van der Waals surface area (Å²) in [5.41, 5.74) is 1.27. The second-order valence-corrected chi connectivity index (χ2v) is 2.68. The van der Waals surface area contributed by atoms with Crippen LogP contribution >= 0.6 is 11.6 Å². The van der Waals surface area contributed by atoms with Gasteiger partial charge in [-0.05, 0) is 30.5 Å². The summed E-state index contributed by atoms with van der Waals surface area (Å²) >= 11 is 5.77. The van der Waals surface area contributed by atoms with Crippen molar-refractivity contribution in [2.24, 2.45) is 0 Å². The van der Waals surface area contributed by atoms with Crippen molar-refractivity contribution in [3.63, 3.8) is 0 Å². The fourth-order valence-electron chi connectivity index (χ4n) is 0.900. The van der Waals surface area contributed by atoms with Crippen LogP contribution in [0.2, 0.25) is 5.02 Å². The highest BCUT2D eigenvalue weighted by Crippen LogP contribution is 2.11. The maximum absolute atomic E-state index is 5.77. The molecule has 0 saturated carbocycles. The normalized spacial score (nSPS) is 9.80. The molecule has 0 atom stereocenters. The standard InChI is InChI=1S/C9H10Cl/c1-2-4-8-5-3-6-9(10)7-8/h2-3,5-7H,4H2,1H3. The quantitative estimate of drug-likeness (QED) is 0.613. The van der Waals surface area contributed by atoms with Crippen molar-refractivity contribution in [3.05, 3.63) is 41.3 Å². The van der Waals surface area contributed by atoms with Crippen LogP contribution in [0.4, 0.5) is 0 Å². The molecule has 0 fully saturated rings. The summed E-state index contributed by atoms with van der Waals surface area (Å²) in [5, 5.41) is 0.819. The molecule has 0 spiro atoms. The second-order valence-electron chi connectivity index (χ2n) is 2.24. The van der Waals surface area contributed by atoms with Crippen molar-refractivity contribution >= 4 is 11.6 Å². The van der Waals surface area contributed by atoms with E-state index in [9.17, 15) is 0 Å². The first-order valence-corrected chi connectivity index (χ1v) is 3.73. The van der Waals surface area contributed by atoms with Crippen LogP contribution in [-0.2, 0) is 6.42 Å². The first-order valence-electron chi connectivity index (χ1n) is 3.35. The van der Waals surface area contributed by atoms with Crippen molar-refractivity contribution < 1.29 is 0 Å². The smallest absolute Gasteiger partial charge is 0.0408 e. The molecule has 0 unspecified atom stereocenters. The summed E-state index contributed by atoms with van der Waals surface area (Å²) in [7, 11) is 0. The molecule has 1 aromatic carbocycles. The van der Waals surface area contributed by atoms with Gasteiger partial charge in [-0.25, -0.2) is 0 Å². The Morgan fingerprint density at radius 3 is 2.90 bits per heavy atom. The van der Waals surface area contributed by atoms with E-state index in [1.165, 1.54) is 5.56 Å². The van der Waals surface area contributed by atoms with Gasteiger partial charge in [0.1, 0.15) is 0 Å². The molecule has 10 heavy (non-hydrogen) atoms. The molecule has 1 radical (unpaired) electrons. The highest BCUT2D eigenvalue weighted by Gasteiger charge is 1.90. The molecule has 0 heterocycles. The van der Waals surface area contributed by atoms with Crippen molar-refractivity contribution in [2.75, 3.05) is 0 Å². The monoisotopic (exact) mass is 153 g/mol. The zero-order chi connectivity index (χ0) is 7.40. The molecule has 1 rings (SSSR count). The highest BCUT2D eigenvalue weighted by molar-refractivity contribution is 6.30. The molecule has 0 aliphatic heterocycles. The van der Waals surface area contributed by atoms with Gasteiger partial charge < -0.3 is 0 Å². The molecular formula is C9H10Cl. The van der Waals surface area contributed by atoms with Gasteiger partial charge in [0.05, 0.1) is 0 Å². The maximum Gasteiger partial charge on any atom is 0.0408 e. The average Bonchev–Trinajstić information content (AvgIpc) is 1.88. The van der Waals surface area contributed by atoms with Crippen LogP contribution < -0.4 is 0 Å². The van der Waals surface area contributed by atoms with E-state index in [0.717, 1.165) is 11.4 Å². The van der Waals surface area contributed by atoms with Gasteiger partial charge in [-0.1, -0.05) is 30.7 Å². The van der Waals surface area contributed by atoms with Crippen LogP contribution in [0.3, 0.4) is 0 Å². The van der Waals surface area contributed by atoms with Crippen LogP contribution in [0.5, 0.6) is 0 Å². The van der Waals surface area contributed by atoms with Gasteiger partial charge >= 0.3 is 0 Å². The van der Waals surface area contributed by atoms with E-state index in [1.807, 2.05) is 25.1 Å². The van der Waals surface area contributed by atoms with Gasteiger partial charge in [-0.15, -0.1) is 0 Å². The second kappa shape index (κ2) is 3.62. The highest BCUT2D eigenvalue weighted by atomic mass is 35.5. The zero-order valence-electron chi connectivity index (χ0n) is 5.97. The Morgan fingerprint density at radius 1 is 1.50 bits per heavy atom. The first kappa shape index (κ1) is 7.62. The van der Waals surface area contributed by atoms with Crippen molar-refractivity contribution in [2.45, 2.75) is 13.3 Å². The number of rotatable bonds is 2. The molecule has 0 saturated heterocycles. The summed E-state index contributed by atoms with van der Waals surface area (Å²) in [6, 6.07) is 7.93. The Balaban J connectivity index is 2.75. The van der Waals surface area contributed by atoms with Gasteiger partial charge in [0.15, 0.2) is 0 Å². The van der Waals surface area contributed by atoms with E-state index >= 15 is 0 Å². The van der Waals surface area contributed by atoms with Crippen molar-refractivity contribution in [1.82, 2.24) is 0 Å². The molecule has 0 aliphatic rings. The van der Waals surface area contributed by atoms with Crippen LogP contribution in [-0.4, -0.2) is 0 Å². The Bertz CT molecular complexity index is 206. The SMILES string of the molecule is C[CH]Cc1cccc(Cl)c1. The fourth-order valence-corrected chi connectivity index (χ4v) is 1.11.